The fraction of sp³-hybridized carbons (Fsp3) is 0.536. The Balaban J connectivity index is 1.74. The van der Waals surface area contributed by atoms with Crippen molar-refractivity contribution in [3.05, 3.63) is 36.4 Å². The molecule has 0 atom stereocenters. The topological polar surface area (TPSA) is 192 Å². The zero-order valence-corrected chi connectivity index (χ0v) is 25.9. The molecule has 0 aliphatic carbocycles. The minimum Gasteiger partial charge on any atom is -0.377 e. The van der Waals surface area contributed by atoms with Crippen molar-refractivity contribution >= 4 is 44.2 Å². The smallest absolute Gasteiger partial charge is 0.241 e. The Morgan fingerprint density at radius 2 is 1.12 bits per heavy atom. The van der Waals surface area contributed by atoms with Gasteiger partial charge in [0.05, 0.1) is 24.5 Å². The highest BCUT2D eigenvalue weighted by Crippen LogP contribution is 2.30. The molecule has 0 spiro atoms. The first kappa shape index (κ1) is 34.2. The molecule has 238 valence electrons. The minimum atomic E-state index is -3.82. The summed E-state index contributed by atoms with van der Waals surface area (Å²) in [5, 5.41) is 1.49. The van der Waals surface area contributed by atoms with E-state index >= 15 is 0 Å². The molecular formula is C28H45N9O5S. The van der Waals surface area contributed by atoms with Gasteiger partial charge in [-0.25, -0.2) is 13.1 Å². The molecular weight excluding hydrogens is 574 g/mol. The van der Waals surface area contributed by atoms with Gasteiger partial charge in [-0.1, -0.05) is 24.3 Å². The number of nitrogens with one attached hydrogen (secondary N) is 1. The maximum Gasteiger partial charge on any atom is 0.241 e. The molecule has 0 saturated carbocycles. The van der Waals surface area contributed by atoms with Crippen molar-refractivity contribution in [1.29, 1.82) is 0 Å². The summed E-state index contributed by atoms with van der Waals surface area (Å²) in [4.78, 5) is 45.1. The highest BCUT2D eigenvalue weighted by atomic mass is 32.2. The summed E-state index contributed by atoms with van der Waals surface area (Å²) in [6.07, 6.45) is 0. The molecule has 0 bridgehead atoms. The maximum absolute atomic E-state index is 13.4. The SMILES string of the molecule is CN(C)c1cccc2c(S(=O)(=O)NCCN3CCN(CC(N)=O)CCN(CC(N)=O)CCN(CC(N)=O)CC3)cccc12. The summed E-state index contributed by atoms with van der Waals surface area (Å²) in [6, 6.07) is 10.8. The Morgan fingerprint density at radius 3 is 1.56 bits per heavy atom. The number of carbonyl (C=O) groups excluding carboxylic acids is 3. The lowest BCUT2D eigenvalue weighted by atomic mass is 10.1. The molecule has 0 aromatic heterocycles. The van der Waals surface area contributed by atoms with Crippen molar-refractivity contribution in [1.82, 2.24) is 24.3 Å². The number of benzene rings is 2. The lowest BCUT2D eigenvalue weighted by Crippen LogP contribution is -2.50. The molecule has 1 saturated heterocycles. The van der Waals surface area contributed by atoms with Crippen LogP contribution in [0, 0.1) is 0 Å². The van der Waals surface area contributed by atoms with Crippen LogP contribution in [0.25, 0.3) is 10.8 Å². The number of hydrogen-bond acceptors (Lipinski definition) is 10. The summed E-state index contributed by atoms with van der Waals surface area (Å²) in [7, 11) is 0.00766. The monoisotopic (exact) mass is 619 g/mol. The van der Waals surface area contributed by atoms with E-state index in [2.05, 4.69) is 9.62 Å². The Kier molecular flexibility index (Phi) is 12.7. The summed E-state index contributed by atoms with van der Waals surface area (Å²) in [6.45, 7) is 4.63. The van der Waals surface area contributed by atoms with Gasteiger partial charge in [-0.3, -0.25) is 34.0 Å². The molecule has 15 heteroatoms. The van der Waals surface area contributed by atoms with E-state index in [0.717, 1.165) is 11.1 Å². The van der Waals surface area contributed by atoms with Crippen LogP contribution in [-0.4, -0.2) is 145 Å². The largest absolute Gasteiger partial charge is 0.377 e. The first-order valence-corrected chi connectivity index (χ1v) is 15.8. The van der Waals surface area contributed by atoms with E-state index in [1.807, 2.05) is 51.9 Å². The number of rotatable bonds is 12. The van der Waals surface area contributed by atoms with Gasteiger partial charge in [0.1, 0.15) is 0 Å². The van der Waals surface area contributed by atoms with Crippen molar-refractivity contribution in [2.45, 2.75) is 4.90 Å². The summed E-state index contributed by atoms with van der Waals surface area (Å²) >= 11 is 0. The van der Waals surface area contributed by atoms with Crippen molar-refractivity contribution < 1.29 is 22.8 Å². The number of carbonyl (C=O) groups is 3. The molecule has 1 heterocycles. The van der Waals surface area contributed by atoms with Gasteiger partial charge in [0.25, 0.3) is 0 Å². The molecule has 43 heavy (non-hydrogen) atoms. The molecule has 1 aliphatic heterocycles. The standard InChI is InChI=1S/C28H45N9O5S/c1-33(2)24-7-3-6-23-22(24)5-4-8-25(23)43(41,42)32-9-10-34-11-13-35(19-26(29)38)15-17-37(21-28(31)40)18-16-36(14-12-34)20-27(30)39/h3-8,32H,9-21H2,1-2H3,(H2,29,38)(H2,30,39)(H2,31,40). The Labute approximate surface area is 253 Å². The molecule has 14 nitrogen and oxygen atoms in total. The van der Waals surface area contributed by atoms with Gasteiger partial charge >= 0.3 is 0 Å². The van der Waals surface area contributed by atoms with Crippen LogP contribution < -0.4 is 26.8 Å². The summed E-state index contributed by atoms with van der Waals surface area (Å²) in [5.74, 6) is -1.40. The van der Waals surface area contributed by atoms with E-state index in [0.29, 0.717) is 64.3 Å². The first-order chi connectivity index (χ1) is 20.4. The van der Waals surface area contributed by atoms with Crippen LogP contribution >= 0.6 is 0 Å². The van der Waals surface area contributed by atoms with E-state index in [1.54, 1.807) is 18.2 Å². The highest BCUT2D eigenvalue weighted by Gasteiger charge is 2.21. The van der Waals surface area contributed by atoms with Gasteiger partial charge in [0, 0.05) is 96.0 Å². The lowest BCUT2D eigenvalue weighted by molar-refractivity contribution is -0.121. The minimum absolute atomic E-state index is 0.0499. The number of amides is 3. The first-order valence-electron chi connectivity index (χ1n) is 14.3. The Hall–Kier alpha value is -3.34. The molecule has 0 radical (unpaired) electrons. The van der Waals surface area contributed by atoms with Crippen molar-refractivity contribution in [3.8, 4) is 0 Å². The van der Waals surface area contributed by atoms with Crippen LogP contribution in [0.4, 0.5) is 5.69 Å². The lowest BCUT2D eigenvalue weighted by Gasteiger charge is -2.33. The molecule has 7 N–H and O–H groups in total. The Bertz CT molecular complexity index is 1340. The third-order valence-corrected chi connectivity index (χ3v) is 8.94. The fourth-order valence-electron chi connectivity index (χ4n) is 5.24. The molecule has 3 amide bonds. The van der Waals surface area contributed by atoms with Gasteiger partial charge < -0.3 is 22.1 Å². The van der Waals surface area contributed by atoms with Crippen LogP contribution in [0.2, 0.25) is 0 Å². The molecule has 1 aliphatic rings. The van der Waals surface area contributed by atoms with E-state index in [4.69, 9.17) is 17.2 Å². The molecule has 2 aromatic carbocycles. The van der Waals surface area contributed by atoms with Gasteiger partial charge in [0.15, 0.2) is 0 Å². The highest BCUT2D eigenvalue weighted by molar-refractivity contribution is 7.89. The van der Waals surface area contributed by atoms with Gasteiger partial charge in [0.2, 0.25) is 27.7 Å². The van der Waals surface area contributed by atoms with E-state index in [9.17, 15) is 22.8 Å². The van der Waals surface area contributed by atoms with E-state index in [-0.39, 0.29) is 31.1 Å². The number of hydrogen-bond donors (Lipinski definition) is 4. The number of fused-ring (bicyclic) bond motifs is 1. The number of nitrogens with zero attached hydrogens (tertiary/aromatic N) is 5. The van der Waals surface area contributed by atoms with Gasteiger partial charge in [-0.05, 0) is 12.1 Å². The average molecular weight is 620 g/mol. The molecule has 3 rings (SSSR count). The van der Waals surface area contributed by atoms with Crippen LogP contribution in [0.1, 0.15) is 0 Å². The van der Waals surface area contributed by atoms with Crippen molar-refractivity contribution in [2.75, 3.05) is 104 Å². The van der Waals surface area contributed by atoms with Crippen LogP contribution in [0.3, 0.4) is 0 Å². The second-order valence-corrected chi connectivity index (χ2v) is 12.7. The quantitative estimate of drug-likeness (QED) is 0.204. The molecule has 1 fully saturated rings. The summed E-state index contributed by atoms with van der Waals surface area (Å²) in [5.41, 5.74) is 17.3. The van der Waals surface area contributed by atoms with E-state index in [1.165, 1.54) is 0 Å². The van der Waals surface area contributed by atoms with Gasteiger partial charge in [-0.15, -0.1) is 0 Å². The van der Waals surface area contributed by atoms with Crippen LogP contribution in [-0.2, 0) is 24.4 Å². The van der Waals surface area contributed by atoms with Crippen molar-refractivity contribution in [3.63, 3.8) is 0 Å². The number of primary amides is 3. The van der Waals surface area contributed by atoms with Gasteiger partial charge in [-0.2, -0.15) is 0 Å². The number of sulfonamides is 1. The third kappa shape index (κ3) is 10.7. The predicted octanol–water partition coefficient (Wildman–Crippen LogP) is -2.14. The normalized spacial score (nSPS) is 17.3. The molecule has 2 aromatic rings. The van der Waals surface area contributed by atoms with Crippen LogP contribution in [0.5, 0.6) is 0 Å². The summed E-state index contributed by atoms with van der Waals surface area (Å²) < 4.78 is 29.6. The second kappa shape index (κ2) is 15.9. The molecule has 0 unspecified atom stereocenters. The predicted molar refractivity (Wildman–Crippen MR) is 167 cm³/mol. The zero-order valence-electron chi connectivity index (χ0n) is 25.1. The number of nitrogens with two attached hydrogens (primary N) is 3. The average Bonchev–Trinajstić information content (AvgIpc) is 2.92. The van der Waals surface area contributed by atoms with E-state index < -0.39 is 27.7 Å². The maximum atomic E-state index is 13.4. The Morgan fingerprint density at radius 1 is 0.698 bits per heavy atom. The second-order valence-electron chi connectivity index (χ2n) is 11.0. The fourth-order valence-corrected chi connectivity index (χ4v) is 6.48. The zero-order chi connectivity index (χ0) is 31.6. The number of anilines is 1. The third-order valence-electron chi connectivity index (χ3n) is 7.42. The van der Waals surface area contributed by atoms with Crippen molar-refractivity contribution in [2.24, 2.45) is 17.2 Å². The van der Waals surface area contributed by atoms with Crippen LogP contribution in [0.15, 0.2) is 41.3 Å².